The minimum Gasteiger partial charge on any atom is -0.376 e. The predicted octanol–water partition coefficient (Wildman–Crippen LogP) is 2.66. The number of aryl methyl sites for hydroxylation is 2. The van der Waals surface area contributed by atoms with Crippen molar-refractivity contribution in [2.45, 2.75) is 45.1 Å². The van der Waals surface area contributed by atoms with Gasteiger partial charge in [0.15, 0.2) is 0 Å². The third-order valence-corrected chi connectivity index (χ3v) is 4.09. The molecule has 1 saturated heterocycles. The molecule has 0 bridgehead atoms. The monoisotopic (exact) mass is 329 g/mol. The average molecular weight is 329 g/mol. The van der Waals surface area contributed by atoms with Crippen LogP contribution >= 0.6 is 0 Å². The normalized spacial score (nSPS) is 17.1. The van der Waals surface area contributed by atoms with E-state index in [1.807, 2.05) is 31.2 Å². The number of carbonyl (C=O) groups excluding carboxylic acids is 1. The lowest BCUT2D eigenvalue weighted by molar-refractivity contribution is -0.121. The van der Waals surface area contributed by atoms with Crippen LogP contribution in [0.2, 0.25) is 0 Å². The Morgan fingerprint density at radius 1 is 1.42 bits per heavy atom. The Bertz CT molecular complexity index is 678. The van der Waals surface area contributed by atoms with Crippen molar-refractivity contribution in [3.8, 4) is 11.4 Å². The maximum absolute atomic E-state index is 11.8. The van der Waals surface area contributed by atoms with E-state index in [1.165, 1.54) is 0 Å². The van der Waals surface area contributed by atoms with Gasteiger partial charge in [0.05, 0.1) is 6.10 Å². The molecule has 1 atom stereocenters. The molecule has 0 radical (unpaired) electrons. The van der Waals surface area contributed by atoms with Crippen molar-refractivity contribution in [1.82, 2.24) is 15.5 Å². The van der Waals surface area contributed by atoms with Gasteiger partial charge in [0.2, 0.25) is 17.6 Å². The van der Waals surface area contributed by atoms with Gasteiger partial charge in [-0.15, -0.1) is 0 Å². The van der Waals surface area contributed by atoms with Crippen molar-refractivity contribution in [2.75, 3.05) is 13.2 Å². The molecule has 2 aromatic rings. The summed E-state index contributed by atoms with van der Waals surface area (Å²) in [4.78, 5) is 16.2. The zero-order chi connectivity index (χ0) is 16.8. The van der Waals surface area contributed by atoms with E-state index in [2.05, 4.69) is 15.5 Å². The highest BCUT2D eigenvalue weighted by atomic mass is 16.5. The van der Waals surface area contributed by atoms with Gasteiger partial charge in [-0.2, -0.15) is 4.98 Å². The molecule has 6 heteroatoms. The van der Waals surface area contributed by atoms with Gasteiger partial charge < -0.3 is 14.6 Å². The molecule has 24 heavy (non-hydrogen) atoms. The molecule has 0 unspecified atom stereocenters. The van der Waals surface area contributed by atoms with E-state index in [4.69, 9.17) is 9.26 Å². The maximum atomic E-state index is 11.8. The number of aromatic nitrogens is 2. The highest BCUT2D eigenvalue weighted by molar-refractivity contribution is 5.75. The first kappa shape index (κ1) is 16.6. The van der Waals surface area contributed by atoms with Gasteiger partial charge in [-0.3, -0.25) is 4.79 Å². The molecule has 0 aliphatic carbocycles. The van der Waals surface area contributed by atoms with E-state index in [9.17, 15) is 4.79 Å². The van der Waals surface area contributed by atoms with Crippen LogP contribution in [-0.4, -0.2) is 35.3 Å². The summed E-state index contributed by atoms with van der Waals surface area (Å²) in [6, 6.07) is 7.98. The first-order valence-corrected chi connectivity index (χ1v) is 8.48. The summed E-state index contributed by atoms with van der Waals surface area (Å²) >= 11 is 0. The molecule has 1 amide bonds. The van der Waals surface area contributed by atoms with Crippen LogP contribution in [0, 0.1) is 6.92 Å². The van der Waals surface area contributed by atoms with Crippen LogP contribution in [-0.2, 0) is 16.0 Å². The van der Waals surface area contributed by atoms with Crippen LogP contribution in [0.1, 0.15) is 37.1 Å². The van der Waals surface area contributed by atoms with E-state index >= 15 is 0 Å². The van der Waals surface area contributed by atoms with Crippen molar-refractivity contribution in [2.24, 2.45) is 0 Å². The number of nitrogens with zero attached hydrogens (tertiary/aromatic N) is 2. The van der Waals surface area contributed by atoms with Gasteiger partial charge in [0.1, 0.15) is 0 Å². The number of carbonyl (C=O) groups is 1. The summed E-state index contributed by atoms with van der Waals surface area (Å²) in [5.41, 5.74) is 2.10. The molecule has 2 heterocycles. The summed E-state index contributed by atoms with van der Waals surface area (Å²) in [5.74, 6) is 1.21. The smallest absolute Gasteiger partial charge is 0.226 e. The van der Waals surface area contributed by atoms with Gasteiger partial charge in [-0.05, 0) is 32.3 Å². The summed E-state index contributed by atoms with van der Waals surface area (Å²) < 4.78 is 10.8. The molecule has 1 fully saturated rings. The number of amides is 1. The Kier molecular flexibility index (Phi) is 5.59. The lowest BCUT2D eigenvalue weighted by Crippen LogP contribution is -2.31. The largest absolute Gasteiger partial charge is 0.376 e. The molecule has 0 spiro atoms. The first-order chi connectivity index (χ1) is 11.7. The summed E-state index contributed by atoms with van der Waals surface area (Å²) in [5, 5.41) is 6.93. The maximum Gasteiger partial charge on any atom is 0.226 e. The predicted molar refractivity (Wildman–Crippen MR) is 89.4 cm³/mol. The van der Waals surface area contributed by atoms with Gasteiger partial charge in [0.25, 0.3) is 0 Å². The van der Waals surface area contributed by atoms with Crippen molar-refractivity contribution < 1.29 is 14.1 Å². The lowest BCUT2D eigenvalue weighted by Gasteiger charge is -2.10. The molecule has 0 saturated carbocycles. The highest BCUT2D eigenvalue weighted by Gasteiger charge is 2.16. The van der Waals surface area contributed by atoms with E-state index in [1.54, 1.807) is 0 Å². The molecular formula is C18H23N3O3. The number of benzene rings is 1. The number of hydrogen-bond acceptors (Lipinski definition) is 5. The fourth-order valence-electron chi connectivity index (χ4n) is 2.78. The Labute approximate surface area is 141 Å². The van der Waals surface area contributed by atoms with E-state index < -0.39 is 0 Å². The molecule has 1 aliphatic rings. The van der Waals surface area contributed by atoms with Crippen LogP contribution in [0.5, 0.6) is 0 Å². The zero-order valence-corrected chi connectivity index (χ0v) is 14.0. The number of ether oxygens (including phenoxy) is 1. The van der Waals surface area contributed by atoms with Crippen LogP contribution in [0.4, 0.5) is 0 Å². The first-order valence-electron chi connectivity index (χ1n) is 8.48. The SMILES string of the molecule is Cc1cccc(-c2noc(CCCC(=O)NC[C@@H]3CCCO3)n2)c1. The fraction of sp³-hybridized carbons (Fsp3) is 0.500. The fourth-order valence-corrected chi connectivity index (χ4v) is 2.78. The van der Waals surface area contributed by atoms with Crippen LogP contribution < -0.4 is 5.32 Å². The second kappa shape index (κ2) is 8.06. The topological polar surface area (TPSA) is 77.2 Å². The number of rotatable bonds is 7. The average Bonchev–Trinajstić information content (AvgIpc) is 3.25. The van der Waals surface area contributed by atoms with E-state index in [0.717, 1.165) is 30.6 Å². The van der Waals surface area contributed by atoms with Crippen LogP contribution in [0.15, 0.2) is 28.8 Å². The standard InChI is InChI=1S/C18H23N3O3/c1-13-5-2-6-14(11-13)18-20-17(24-21-18)9-3-8-16(22)19-12-15-7-4-10-23-15/h2,5-6,11,15H,3-4,7-10,12H2,1H3,(H,19,22)/t15-/m0/s1. The van der Waals surface area contributed by atoms with Gasteiger partial charge in [0, 0.05) is 31.6 Å². The molecule has 1 aromatic carbocycles. The van der Waals surface area contributed by atoms with Crippen molar-refractivity contribution in [3.63, 3.8) is 0 Å². The zero-order valence-electron chi connectivity index (χ0n) is 14.0. The van der Waals surface area contributed by atoms with E-state index in [-0.39, 0.29) is 12.0 Å². The Morgan fingerprint density at radius 3 is 3.12 bits per heavy atom. The molecule has 1 aliphatic heterocycles. The second-order valence-electron chi connectivity index (χ2n) is 6.17. The number of hydrogen-bond donors (Lipinski definition) is 1. The molecule has 128 valence electrons. The summed E-state index contributed by atoms with van der Waals surface area (Å²) in [6.45, 7) is 3.44. The molecule has 1 aromatic heterocycles. The van der Waals surface area contributed by atoms with Gasteiger partial charge in [-0.1, -0.05) is 28.9 Å². The van der Waals surface area contributed by atoms with Crippen molar-refractivity contribution in [1.29, 1.82) is 0 Å². The molecule has 3 rings (SSSR count). The van der Waals surface area contributed by atoms with Crippen molar-refractivity contribution in [3.05, 3.63) is 35.7 Å². The summed E-state index contributed by atoms with van der Waals surface area (Å²) in [6.07, 6.45) is 4.04. The molecule has 6 nitrogen and oxygen atoms in total. The molecular weight excluding hydrogens is 306 g/mol. The second-order valence-corrected chi connectivity index (χ2v) is 6.17. The highest BCUT2D eigenvalue weighted by Crippen LogP contribution is 2.17. The number of nitrogens with one attached hydrogen (secondary N) is 1. The minimum absolute atomic E-state index is 0.0453. The lowest BCUT2D eigenvalue weighted by atomic mass is 10.1. The summed E-state index contributed by atoms with van der Waals surface area (Å²) in [7, 11) is 0. The minimum atomic E-state index is 0.0453. The van der Waals surface area contributed by atoms with E-state index in [0.29, 0.717) is 37.5 Å². The third-order valence-electron chi connectivity index (χ3n) is 4.09. The Hall–Kier alpha value is -2.21. The Morgan fingerprint density at radius 2 is 2.33 bits per heavy atom. The quantitative estimate of drug-likeness (QED) is 0.845. The van der Waals surface area contributed by atoms with Crippen molar-refractivity contribution >= 4 is 5.91 Å². The Balaban J connectivity index is 1.41. The van der Waals surface area contributed by atoms with Gasteiger partial charge >= 0.3 is 0 Å². The van der Waals surface area contributed by atoms with Crippen LogP contribution in [0.25, 0.3) is 11.4 Å². The van der Waals surface area contributed by atoms with Gasteiger partial charge in [-0.25, -0.2) is 0 Å². The molecule has 1 N–H and O–H groups in total. The van der Waals surface area contributed by atoms with Crippen LogP contribution in [0.3, 0.4) is 0 Å². The third kappa shape index (κ3) is 4.64.